The van der Waals surface area contributed by atoms with Gasteiger partial charge in [-0.15, -0.1) is 0 Å². The Bertz CT molecular complexity index is 807. The highest BCUT2D eigenvalue weighted by molar-refractivity contribution is 5.95. The first-order valence-corrected chi connectivity index (χ1v) is 7.43. The smallest absolute Gasteiger partial charge is 0.274 e. The molecule has 126 valence electrons. The lowest BCUT2D eigenvalue weighted by molar-refractivity contribution is -0.385. The molecule has 0 bridgehead atoms. The number of aryl methyl sites for hydroxylation is 3. The summed E-state index contributed by atoms with van der Waals surface area (Å²) in [6.45, 7) is 4.79. The fourth-order valence-electron chi connectivity index (χ4n) is 2.36. The molecule has 0 aliphatic carbocycles. The molecule has 0 radical (unpaired) electrons. The van der Waals surface area contributed by atoms with E-state index in [4.69, 9.17) is 4.42 Å². The lowest BCUT2D eigenvalue weighted by atomic mass is 10.1. The average molecular weight is 330 g/mol. The Morgan fingerprint density at radius 2 is 1.96 bits per heavy atom. The lowest BCUT2D eigenvalue weighted by Gasteiger charge is -2.05. The molecule has 1 heterocycles. The summed E-state index contributed by atoms with van der Waals surface area (Å²) >= 11 is 0. The van der Waals surface area contributed by atoms with Crippen molar-refractivity contribution in [1.82, 2.24) is 0 Å². The standard InChI is InChI=1S/C17H18N2O5/c1-10-4-5-13(8-16(10)19(22)23)18-17(21)7-6-14-9-15(11(2)20)12(3)24-14/h4-5,8-9H,6-7H2,1-3H3,(H,18,21). The number of carbonyl (C=O) groups is 2. The fourth-order valence-corrected chi connectivity index (χ4v) is 2.36. The zero-order valence-corrected chi connectivity index (χ0v) is 13.7. The van der Waals surface area contributed by atoms with E-state index in [-0.39, 0.29) is 23.8 Å². The van der Waals surface area contributed by atoms with Crippen LogP contribution in [0.15, 0.2) is 28.7 Å². The molecular formula is C17H18N2O5. The van der Waals surface area contributed by atoms with E-state index in [1.54, 1.807) is 32.0 Å². The maximum Gasteiger partial charge on any atom is 0.274 e. The third kappa shape index (κ3) is 4.07. The quantitative estimate of drug-likeness (QED) is 0.495. The molecule has 0 spiro atoms. The predicted molar refractivity (Wildman–Crippen MR) is 88.2 cm³/mol. The van der Waals surface area contributed by atoms with Crippen LogP contribution in [0.2, 0.25) is 0 Å². The maximum atomic E-state index is 12.0. The molecule has 0 atom stereocenters. The molecule has 0 fully saturated rings. The molecule has 7 nitrogen and oxygen atoms in total. The molecule has 1 aromatic carbocycles. The topological polar surface area (TPSA) is 102 Å². The van der Waals surface area contributed by atoms with E-state index < -0.39 is 4.92 Å². The van der Waals surface area contributed by atoms with Crippen molar-refractivity contribution in [3.63, 3.8) is 0 Å². The van der Waals surface area contributed by atoms with Crippen LogP contribution in [0.25, 0.3) is 0 Å². The van der Waals surface area contributed by atoms with Gasteiger partial charge in [0, 0.05) is 30.2 Å². The molecule has 1 N–H and O–H groups in total. The van der Waals surface area contributed by atoms with Crippen LogP contribution in [0, 0.1) is 24.0 Å². The molecule has 0 aliphatic heterocycles. The number of benzene rings is 1. The van der Waals surface area contributed by atoms with Crippen LogP contribution in [-0.2, 0) is 11.2 Å². The minimum absolute atomic E-state index is 0.0411. The number of hydrogen-bond donors (Lipinski definition) is 1. The molecular weight excluding hydrogens is 312 g/mol. The Hall–Kier alpha value is -2.96. The highest BCUT2D eigenvalue weighted by Gasteiger charge is 2.14. The Morgan fingerprint density at radius 1 is 1.25 bits per heavy atom. The number of amides is 1. The van der Waals surface area contributed by atoms with E-state index in [2.05, 4.69) is 5.32 Å². The van der Waals surface area contributed by atoms with Gasteiger partial charge in [0.05, 0.1) is 10.5 Å². The van der Waals surface area contributed by atoms with Crippen LogP contribution >= 0.6 is 0 Å². The van der Waals surface area contributed by atoms with Crippen LogP contribution < -0.4 is 5.32 Å². The first-order valence-electron chi connectivity index (χ1n) is 7.43. The Labute approximate surface area is 138 Å². The van der Waals surface area contributed by atoms with E-state index >= 15 is 0 Å². The molecule has 2 rings (SSSR count). The minimum atomic E-state index is -0.486. The second-order valence-corrected chi connectivity index (χ2v) is 5.55. The highest BCUT2D eigenvalue weighted by atomic mass is 16.6. The van der Waals surface area contributed by atoms with Gasteiger partial charge in [-0.1, -0.05) is 6.07 Å². The normalized spacial score (nSPS) is 10.5. The number of nitro benzene ring substituents is 1. The molecule has 0 unspecified atom stereocenters. The molecule has 1 aromatic heterocycles. The van der Waals surface area contributed by atoms with Crippen molar-refractivity contribution in [1.29, 1.82) is 0 Å². The van der Waals surface area contributed by atoms with Gasteiger partial charge in [0.15, 0.2) is 5.78 Å². The largest absolute Gasteiger partial charge is 0.466 e. The van der Waals surface area contributed by atoms with Crippen LogP contribution in [0.3, 0.4) is 0 Å². The Morgan fingerprint density at radius 3 is 2.54 bits per heavy atom. The van der Waals surface area contributed by atoms with Crippen molar-refractivity contribution in [2.45, 2.75) is 33.6 Å². The van der Waals surface area contributed by atoms with Crippen LogP contribution in [0.5, 0.6) is 0 Å². The summed E-state index contributed by atoms with van der Waals surface area (Å²) in [6.07, 6.45) is 0.486. The zero-order valence-electron chi connectivity index (χ0n) is 13.7. The van der Waals surface area contributed by atoms with Gasteiger partial charge in [0.2, 0.25) is 5.91 Å². The number of anilines is 1. The van der Waals surface area contributed by atoms with Gasteiger partial charge in [-0.25, -0.2) is 0 Å². The van der Waals surface area contributed by atoms with Crippen LogP contribution in [0.1, 0.15) is 40.8 Å². The van der Waals surface area contributed by atoms with Gasteiger partial charge in [0.25, 0.3) is 5.69 Å². The first kappa shape index (κ1) is 17.4. The van der Waals surface area contributed by atoms with E-state index in [1.807, 2.05) is 0 Å². The van der Waals surface area contributed by atoms with Gasteiger partial charge in [-0.3, -0.25) is 19.7 Å². The monoisotopic (exact) mass is 330 g/mol. The molecule has 7 heteroatoms. The number of nitro groups is 1. The minimum Gasteiger partial charge on any atom is -0.466 e. The van der Waals surface area contributed by atoms with E-state index in [9.17, 15) is 19.7 Å². The van der Waals surface area contributed by atoms with Crippen LogP contribution in [-0.4, -0.2) is 16.6 Å². The van der Waals surface area contributed by atoms with Crippen molar-refractivity contribution >= 4 is 23.1 Å². The summed E-state index contributed by atoms with van der Waals surface area (Å²) in [4.78, 5) is 33.8. The van der Waals surface area contributed by atoms with Gasteiger partial charge in [-0.2, -0.15) is 0 Å². The summed E-state index contributed by atoms with van der Waals surface area (Å²) in [5.41, 5.74) is 1.37. The van der Waals surface area contributed by atoms with Crippen molar-refractivity contribution < 1.29 is 18.9 Å². The number of Topliss-reactive ketones (excluding diaryl/α,β-unsaturated/α-hetero) is 1. The predicted octanol–water partition coefficient (Wildman–Crippen LogP) is 3.58. The summed E-state index contributed by atoms with van der Waals surface area (Å²) in [5, 5.41) is 13.5. The van der Waals surface area contributed by atoms with Crippen molar-refractivity contribution in [3.8, 4) is 0 Å². The second kappa shape index (κ2) is 7.08. The number of nitrogens with zero attached hydrogens (tertiary/aromatic N) is 1. The van der Waals surface area contributed by atoms with Gasteiger partial charge in [0.1, 0.15) is 11.5 Å². The summed E-state index contributed by atoms with van der Waals surface area (Å²) in [7, 11) is 0. The molecule has 1 amide bonds. The van der Waals surface area contributed by atoms with E-state index in [0.29, 0.717) is 34.8 Å². The number of carbonyl (C=O) groups excluding carboxylic acids is 2. The van der Waals surface area contributed by atoms with Gasteiger partial charge >= 0.3 is 0 Å². The van der Waals surface area contributed by atoms with Crippen molar-refractivity contribution in [2.24, 2.45) is 0 Å². The summed E-state index contributed by atoms with van der Waals surface area (Å²) in [5.74, 6) is 0.722. The third-order valence-electron chi connectivity index (χ3n) is 3.64. The molecule has 2 aromatic rings. The Kier molecular flexibility index (Phi) is 5.13. The molecule has 0 saturated heterocycles. The lowest BCUT2D eigenvalue weighted by Crippen LogP contribution is -2.12. The number of ketones is 1. The zero-order chi connectivity index (χ0) is 17.9. The first-order chi connectivity index (χ1) is 11.3. The maximum absolute atomic E-state index is 12.0. The Balaban J connectivity index is 1.99. The number of furan rings is 1. The number of hydrogen-bond acceptors (Lipinski definition) is 5. The number of nitrogens with one attached hydrogen (secondary N) is 1. The molecule has 0 saturated carbocycles. The third-order valence-corrected chi connectivity index (χ3v) is 3.64. The fraction of sp³-hybridized carbons (Fsp3) is 0.294. The van der Waals surface area contributed by atoms with E-state index in [1.165, 1.54) is 13.0 Å². The highest BCUT2D eigenvalue weighted by Crippen LogP contribution is 2.22. The average Bonchev–Trinajstić information content (AvgIpc) is 2.88. The van der Waals surface area contributed by atoms with E-state index in [0.717, 1.165) is 0 Å². The second-order valence-electron chi connectivity index (χ2n) is 5.55. The van der Waals surface area contributed by atoms with Crippen molar-refractivity contribution in [3.05, 3.63) is 57.0 Å². The van der Waals surface area contributed by atoms with Crippen LogP contribution in [0.4, 0.5) is 11.4 Å². The SMILES string of the molecule is CC(=O)c1cc(CCC(=O)Nc2ccc(C)c([N+](=O)[O-])c2)oc1C. The summed E-state index contributed by atoms with van der Waals surface area (Å²) in [6, 6.07) is 6.17. The summed E-state index contributed by atoms with van der Waals surface area (Å²) < 4.78 is 5.45. The molecule has 24 heavy (non-hydrogen) atoms. The molecule has 0 aliphatic rings. The van der Waals surface area contributed by atoms with Crippen molar-refractivity contribution in [2.75, 3.05) is 5.32 Å². The van der Waals surface area contributed by atoms with Gasteiger partial charge in [-0.05, 0) is 32.9 Å². The number of rotatable bonds is 6. The van der Waals surface area contributed by atoms with Gasteiger partial charge < -0.3 is 9.73 Å².